The van der Waals surface area contributed by atoms with Crippen molar-refractivity contribution in [2.75, 3.05) is 12.3 Å². The van der Waals surface area contributed by atoms with Crippen LogP contribution in [-0.4, -0.2) is 15.0 Å². The van der Waals surface area contributed by atoms with E-state index in [1.54, 1.807) is 6.92 Å². The van der Waals surface area contributed by atoms with E-state index < -0.39 is 10.0 Å². The number of hydrogen-bond acceptors (Lipinski definition) is 3. The number of hydrogen-bond donors (Lipinski definition) is 2. The van der Waals surface area contributed by atoms with Crippen LogP contribution in [0.5, 0.6) is 0 Å². The van der Waals surface area contributed by atoms with Gasteiger partial charge in [-0.05, 0) is 49.3 Å². The Bertz CT molecular complexity index is 587. The second-order valence-corrected chi connectivity index (χ2v) is 7.87. The predicted molar refractivity (Wildman–Crippen MR) is 82.4 cm³/mol. The summed E-state index contributed by atoms with van der Waals surface area (Å²) in [5.74, 6) is 0. The van der Waals surface area contributed by atoms with Crippen LogP contribution in [-0.2, 0) is 10.0 Å². The molecule has 112 valence electrons. The molecule has 0 spiro atoms. The number of sulfonamides is 1. The van der Waals surface area contributed by atoms with Gasteiger partial charge in [-0.15, -0.1) is 0 Å². The van der Waals surface area contributed by atoms with Crippen LogP contribution in [0.4, 0.5) is 5.69 Å². The fourth-order valence-electron chi connectivity index (χ4n) is 2.38. The van der Waals surface area contributed by atoms with Crippen molar-refractivity contribution >= 4 is 27.3 Å². The van der Waals surface area contributed by atoms with Crippen LogP contribution >= 0.6 is 11.6 Å². The summed E-state index contributed by atoms with van der Waals surface area (Å²) in [6.07, 6.45) is 4.33. The Morgan fingerprint density at radius 2 is 2.05 bits per heavy atom. The van der Waals surface area contributed by atoms with Crippen LogP contribution in [0, 0.1) is 12.3 Å². The Labute approximate surface area is 125 Å². The average Bonchev–Trinajstić information content (AvgIpc) is 3.14. The standard InChI is InChI=1S/C14H21ClN2O2S/c1-3-4-14(5-6-14)9-17-20(18,19)11-7-12(15)10(2)13(16)8-11/h7-8,17H,3-6,9,16H2,1-2H3. The summed E-state index contributed by atoms with van der Waals surface area (Å²) in [5, 5.41) is 0.375. The number of rotatable bonds is 6. The van der Waals surface area contributed by atoms with Gasteiger partial charge in [0.1, 0.15) is 0 Å². The molecule has 0 bridgehead atoms. The lowest BCUT2D eigenvalue weighted by molar-refractivity contribution is 0.449. The number of nitrogens with one attached hydrogen (secondary N) is 1. The Hall–Kier alpha value is -0.780. The Morgan fingerprint density at radius 1 is 1.40 bits per heavy atom. The molecule has 0 unspecified atom stereocenters. The predicted octanol–water partition coefficient (Wildman–Crippen LogP) is 3.09. The number of nitrogens with two attached hydrogens (primary N) is 1. The molecule has 0 heterocycles. The molecule has 1 saturated carbocycles. The third-order valence-corrected chi connectivity index (χ3v) is 5.82. The van der Waals surface area contributed by atoms with Crippen molar-refractivity contribution in [3.8, 4) is 0 Å². The molecule has 0 saturated heterocycles. The van der Waals surface area contributed by atoms with E-state index in [0.717, 1.165) is 25.7 Å². The molecule has 20 heavy (non-hydrogen) atoms. The van der Waals surface area contributed by atoms with Crippen molar-refractivity contribution in [1.29, 1.82) is 0 Å². The van der Waals surface area contributed by atoms with Gasteiger partial charge in [-0.2, -0.15) is 0 Å². The normalized spacial score (nSPS) is 17.1. The first-order valence-electron chi connectivity index (χ1n) is 6.85. The first-order chi connectivity index (χ1) is 9.30. The van der Waals surface area contributed by atoms with Gasteiger partial charge >= 0.3 is 0 Å². The molecule has 0 aromatic heterocycles. The van der Waals surface area contributed by atoms with Crippen LogP contribution in [0.3, 0.4) is 0 Å². The molecule has 1 aromatic carbocycles. The van der Waals surface area contributed by atoms with Crippen LogP contribution in [0.15, 0.2) is 17.0 Å². The third kappa shape index (κ3) is 3.27. The van der Waals surface area contributed by atoms with Crippen LogP contribution in [0.1, 0.15) is 38.2 Å². The van der Waals surface area contributed by atoms with Gasteiger partial charge in [-0.25, -0.2) is 13.1 Å². The summed E-state index contributed by atoms with van der Waals surface area (Å²) in [4.78, 5) is 0.137. The minimum absolute atomic E-state index is 0.137. The fourth-order valence-corrected chi connectivity index (χ4v) is 3.89. The lowest BCUT2D eigenvalue weighted by Crippen LogP contribution is -2.30. The first kappa shape index (κ1) is 15.6. The molecule has 0 atom stereocenters. The molecule has 2 rings (SSSR count). The van der Waals surface area contributed by atoms with Crippen molar-refractivity contribution in [2.24, 2.45) is 5.41 Å². The second kappa shape index (κ2) is 5.54. The molecule has 0 amide bonds. The van der Waals surface area contributed by atoms with Gasteiger partial charge in [0, 0.05) is 17.3 Å². The van der Waals surface area contributed by atoms with Crippen LogP contribution < -0.4 is 10.5 Å². The molecule has 1 aliphatic carbocycles. The molecule has 0 radical (unpaired) electrons. The second-order valence-electron chi connectivity index (χ2n) is 5.69. The van der Waals surface area contributed by atoms with Gasteiger partial charge in [0.25, 0.3) is 0 Å². The molecule has 3 N–H and O–H groups in total. The summed E-state index contributed by atoms with van der Waals surface area (Å²) >= 11 is 6.01. The minimum Gasteiger partial charge on any atom is -0.398 e. The van der Waals surface area contributed by atoms with E-state index >= 15 is 0 Å². The van der Waals surface area contributed by atoms with E-state index in [-0.39, 0.29) is 10.3 Å². The van der Waals surface area contributed by atoms with Gasteiger partial charge in [-0.3, -0.25) is 0 Å². The van der Waals surface area contributed by atoms with Crippen molar-refractivity contribution in [1.82, 2.24) is 4.72 Å². The van der Waals surface area contributed by atoms with Gasteiger partial charge in [-0.1, -0.05) is 24.9 Å². The summed E-state index contributed by atoms with van der Waals surface area (Å²) in [7, 11) is -3.55. The zero-order valence-corrected chi connectivity index (χ0v) is 13.4. The maximum Gasteiger partial charge on any atom is 0.240 e. The number of anilines is 1. The minimum atomic E-state index is -3.55. The Morgan fingerprint density at radius 3 is 2.55 bits per heavy atom. The zero-order valence-electron chi connectivity index (χ0n) is 11.9. The first-order valence-corrected chi connectivity index (χ1v) is 8.71. The maximum atomic E-state index is 12.3. The highest BCUT2D eigenvalue weighted by Crippen LogP contribution is 2.49. The van der Waals surface area contributed by atoms with E-state index in [9.17, 15) is 8.42 Å². The molecule has 6 heteroatoms. The number of benzene rings is 1. The number of halogens is 1. The van der Waals surface area contributed by atoms with Gasteiger partial charge < -0.3 is 5.73 Å². The summed E-state index contributed by atoms with van der Waals surface area (Å²) in [6.45, 7) is 4.38. The Kier molecular flexibility index (Phi) is 4.33. The maximum absolute atomic E-state index is 12.3. The smallest absolute Gasteiger partial charge is 0.240 e. The van der Waals surface area contributed by atoms with E-state index in [2.05, 4.69) is 11.6 Å². The highest BCUT2D eigenvalue weighted by atomic mass is 35.5. The average molecular weight is 317 g/mol. The summed E-state index contributed by atoms with van der Waals surface area (Å²) in [5.41, 5.74) is 7.05. The van der Waals surface area contributed by atoms with Gasteiger partial charge in [0.2, 0.25) is 10.0 Å². The lowest BCUT2D eigenvalue weighted by Gasteiger charge is -2.16. The highest BCUT2D eigenvalue weighted by molar-refractivity contribution is 7.89. The van der Waals surface area contributed by atoms with Crippen molar-refractivity contribution in [3.63, 3.8) is 0 Å². The van der Waals surface area contributed by atoms with Crippen LogP contribution in [0.2, 0.25) is 5.02 Å². The summed E-state index contributed by atoms with van der Waals surface area (Å²) < 4.78 is 27.3. The number of nitrogen functional groups attached to an aromatic ring is 1. The lowest BCUT2D eigenvalue weighted by atomic mass is 10.0. The topological polar surface area (TPSA) is 72.2 Å². The van der Waals surface area contributed by atoms with Crippen molar-refractivity contribution in [2.45, 2.75) is 44.4 Å². The Balaban J connectivity index is 2.15. The van der Waals surface area contributed by atoms with Crippen molar-refractivity contribution in [3.05, 3.63) is 22.7 Å². The van der Waals surface area contributed by atoms with Crippen molar-refractivity contribution < 1.29 is 8.42 Å². The van der Waals surface area contributed by atoms with E-state index in [0.29, 0.717) is 22.8 Å². The van der Waals surface area contributed by atoms with Crippen LogP contribution in [0.25, 0.3) is 0 Å². The van der Waals surface area contributed by atoms with Gasteiger partial charge in [0.15, 0.2) is 0 Å². The third-order valence-electron chi connectivity index (χ3n) is 4.04. The SMILES string of the molecule is CCCC1(CNS(=O)(=O)c2cc(N)c(C)c(Cl)c2)CC1. The zero-order chi connectivity index (χ0) is 15.0. The highest BCUT2D eigenvalue weighted by Gasteiger charge is 2.42. The largest absolute Gasteiger partial charge is 0.398 e. The van der Waals surface area contributed by atoms with E-state index in [1.807, 2.05) is 0 Å². The van der Waals surface area contributed by atoms with E-state index in [1.165, 1.54) is 12.1 Å². The van der Waals surface area contributed by atoms with E-state index in [4.69, 9.17) is 17.3 Å². The molecule has 4 nitrogen and oxygen atoms in total. The molecule has 1 fully saturated rings. The molecular formula is C14H21ClN2O2S. The molecule has 1 aliphatic rings. The van der Waals surface area contributed by atoms with Gasteiger partial charge in [0.05, 0.1) is 4.90 Å². The summed E-state index contributed by atoms with van der Waals surface area (Å²) in [6, 6.07) is 2.91. The molecular weight excluding hydrogens is 296 g/mol. The monoisotopic (exact) mass is 316 g/mol. The molecule has 0 aliphatic heterocycles. The quantitative estimate of drug-likeness (QED) is 0.792. The molecule has 1 aromatic rings. The fraction of sp³-hybridized carbons (Fsp3) is 0.571.